The van der Waals surface area contributed by atoms with E-state index in [4.69, 9.17) is 5.11 Å². The first-order valence-corrected chi connectivity index (χ1v) is 10.6. The molecule has 0 bridgehead atoms. The maximum absolute atomic E-state index is 12.5. The average Bonchev–Trinajstić information content (AvgIpc) is 3.02. The van der Waals surface area contributed by atoms with Crippen LogP contribution < -0.4 is 4.72 Å². The Bertz CT molecular complexity index is 860. The molecular formula is C18H24N2O4S2. The van der Waals surface area contributed by atoms with Gasteiger partial charge in [0.05, 0.1) is 6.42 Å². The molecule has 0 unspecified atom stereocenters. The number of sulfonamides is 1. The fourth-order valence-electron chi connectivity index (χ4n) is 2.33. The van der Waals surface area contributed by atoms with E-state index in [1.807, 2.05) is 31.3 Å². The summed E-state index contributed by atoms with van der Waals surface area (Å²) in [7, 11) is -1.64. The van der Waals surface area contributed by atoms with Gasteiger partial charge >= 0.3 is 5.97 Å². The molecule has 0 saturated heterocycles. The Labute approximate surface area is 158 Å². The number of nitrogens with zero attached hydrogens (tertiary/aromatic N) is 1. The quantitative estimate of drug-likeness (QED) is 0.681. The molecule has 2 rings (SSSR count). The summed E-state index contributed by atoms with van der Waals surface area (Å²) in [5.74, 6) is -0.980. The summed E-state index contributed by atoms with van der Waals surface area (Å²) in [6, 6.07) is 11.1. The van der Waals surface area contributed by atoms with E-state index in [0.29, 0.717) is 10.9 Å². The summed E-state index contributed by atoms with van der Waals surface area (Å²) >= 11 is 0.983. The predicted molar refractivity (Wildman–Crippen MR) is 103 cm³/mol. The highest BCUT2D eigenvalue weighted by Gasteiger charge is 2.18. The molecule has 142 valence electrons. The number of benzene rings is 1. The van der Waals surface area contributed by atoms with Crippen LogP contribution in [0, 0.1) is 0 Å². The molecule has 0 fully saturated rings. The Hall–Kier alpha value is -1.74. The molecule has 26 heavy (non-hydrogen) atoms. The van der Waals surface area contributed by atoms with Gasteiger partial charge in [-0.3, -0.25) is 9.69 Å². The molecule has 0 saturated carbocycles. The van der Waals surface area contributed by atoms with E-state index in [9.17, 15) is 13.2 Å². The first-order valence-electron chi connectivity index (χ1n) is 8.26. The van der Waals surface area contributed by atoms with Crippen molar-refractivity contribution in [3.63, 3.8) is 0 Å². The number of thiophene rings is 1. The molecule has 1 heterocycles. The molecule has 0 amide bonds. The number of nitrogens with one attached hydrogen (secondary N) is 1. The van der Waals surface area contributed by atoms with Gasteiger partial charge in [-0.15, -0.1) is 11.3 Å². The third kappa shape index (κ3) is 5.63. The lowest BCUT2D eigenvalue weighted by atomic mass is 10.1. The van der Waals surface area contributed by atoms with Crippen molar-refractivity contribution in [3.05, 3.63) is 52.4 Å². The Morgan fingerprint density at radius 3 is 2.46 bits per heavy atom. The standard InChI is InChI=1S/C18H24N2O4S2/c1-13(2)20(3)12-15-7-5-4-6-14(15)11-19-26(23,24)18-9-8-16(25-18)10-17(21)22/h4-9,13,19H,10-12H2,1-3H3,(H,21,22). The smallest absolute Gasteiger partial charge is 0.308 e. The number of carboxylic acids is 1. The number of hydrogen-bond donors (Lipinski definition) is 2. The van der Waals surface area contributed by atoms with Crippen LogP contribution in [0.3, 0.4) is 0 Å². The fourth-order valence-corrected chi connectivity index (χ4v) is 4.72. The van der Waals surface area contributed by atoms with Crippen LogP contribution in [0.25, 0.3) is 0 Å². The highest BCUT2D eigenvalue weighted by molar-refractivity contribution is 7.91. The van der Waals surface area contributed by atoms with Gasteiger partial charge in [-0.25, -0.2) is 13.1 Å². The van der Waals surface area contributed by atoms with Gasteiger partial charge in [0.25, 0.3) is 0 Å². The van der Waals surface area contributed by atoms with Crippen molar-refractivity contribution in [3.8, 4) is 0 Å². The van der Waals surface area contributed by atoms with Crippen LogP contribution in [0.4, 0.5) is 0 Å². The molecule has 1 aromatic heterocycles. The van der Waals surface area contributed by atoms with E-state index in [1.54, 1.807) is 6.07 Å². The van der Waals surface area contributed by atoms with Crippen LogP contribution in [-0.4, -0.2) is 37.5 Å². The molecular weight excluding hydrogens is 372 g/mol. The van der Waals surface area contributed by atoms with Crippen LogP contribution in [0.15, 0.2) is 40.6 Å². The first kappa shape index (κ1) is 20.6. The van der Waals surface area contributed by atoms with Crippen molar-refractivity contribution in [2.75, 3.05) is 7.05 Å². The second kappa shape index (κ2) is 8.77. The third-order valence-electron chi connectivity index (χ3n) is 4.10. The maximum Gasteiger partial charge on any atom is 0.308 e. The van der Waals surface area contributed by atoms with Crippen molar-refractivity contribution < 1.29 is 18.3 Å². The molecule has 0 aliphatic rings. The first-order chi connectivity index (χ1) is 12.2. The van der Waals surface area contributed by atoms with E-state index in [-0.39, 0.29) is 17.2 Å². The van der Waals surface area contributed by atoms with E-state index < -0.39 is 16.0 Å². The largest absolute Gasteiger partial charge is 0.481 e. The lowest BCUT2D eigenvalue weighted by Crippen LogP contribution is -2.27. The minimum Gasteiger partial charge on any atom is -0.481 e. The van der Waals surface area contributed by atoms with E-state index in [2.05, 4.69) is 23.5 Å². The molecule has 6 nitrogen and oxygen atoms in total. The molecule has 2 aromatic rings. The van der Waals surface area contributed by atoms with Crippen LogP contribution in [0.5, 0.6) is 0 Å². The molecule has 0 aliphatic heterocycles. The molecule has 8 heteroatoms. The van der Waals surface area contributed by atoms with Gasteiger partial charge in [0.15, 0.2) is 0 Å². The molecule has 0 spiro atoms. The SMILES string of the molecule is CC(C)N(C)Cc1ccccc1CNS(=O)(=O)c1ccc(CC(=O)O)s1. The predicted octanol–water partition coefficient (Wildman–Crippen LogP) is 2.69. The third-order valence-corrected chi connectivity index (χ3v) is 7.08. The van der Waals surface area contributed by atoms with E-state index >= 15 is 0 Å². The van der Waals surface area contributed by atoms with Crippen LogP contribution in [0.2, 0.25) is 0 Å². The van der Waals surface area contributed by atoms with Crippen molar-refractivity contribution in [1.29, 1.82) is 0 Å². The van der Waals surface area contributed by atoms with Gasteiger partial charge in [-0.05, 0) is 44.2 Å². The minimum atomic E-state index is -3.67. The summed E-state index contributed by atoms with van der Waals surface area (Å²) in [6.45, 7) is 5.14. The topological polar surface area (TPSA) is 86.7 Å². The van der Waals surface area contributed by atoms with E-state index in [0.717, 1.165) is 29.0 Å². The number of carbonyl (C=O) groups is 1. The van der Waals surface area contributed by atoms with Crippen molar-refractivity contribution in [1.82, 2.24) is 9.62 Å². The molecule has 0 radical (unpaired) electrons. The van der Waals surface area contributed by atoms with Crippen LogP contribution >= 0.6 is 11.3 Å². The van der Waals surface area contributed by atoms with Gasteiger partial charge in [0.2, 0.25) is 10.0 Å². The van der Waals surface area contributed by atoms with Gasteiger partial charge in [0.1, 0.15) is 4.21 Å². The lowest BCUT2D eigenvalue weighted by Gasteiger charge is -2.22. The molecule has 1 aromatic carbocycles. The number of carboxylic acid groups (broad SMARTS) is 1. The summed E-state index contributed by atoms with van der Waals surface area (Å²) in [6.07, 6.45) is -0.176. The van der Waals surface area contributed by atoms with Crippen LogP contribution in [-0.2, 0) is 34.3 Å². The molecule has 0 atom stereocenters. The van der Waals surface area contributed by atoms with Crippen LogP contribution in [0.1, 0.15) is 29.9 Å². The molecule has 2 N–H and O–H groups in total. The van der Waals surface area contributed by atoms with Gasteiger partial charge in [0, 0.05) is 24.0 Å². The number of hydrogen-bond acceptors (Lipinski definition) is 5. The Morgan fingerprint density at radius 1 is 1.19 bits per heavy atom. The highest BCUT2D eigenvalue weighted by Crippen LogP contribution is 2.22. The lowest BCUT2D eigenvalue weighted by molar-refractivity contribution is -0.136. The zero-order chi connectivity index (χ0) is 19.3. The average molecular weight is 397 g/mol. The zero-order valence-electron chi connectivity index (χ0n) is 15.1. The normalized spacial score (nSPS) is 12.0. The summed E-state index contributed by atoms with van der Waals surface area (Å²) < 4.78 is 27.7. The monoisotopic (exact) mass is 396 g/mol. The van der Waals surface area contributed by atoms with Gasteiger partial charge in [-0.2, -0.15) is 0 Å². The van der Waals surface area contributed by atoms with Crippen molar-refractivity contribution in [2.24, 2.45) is 0 Å². The Balaban J connectivity index is 2.10. The number of rotatable bonds is 9. The van der Waals surface area contributed by atoms with Gasteiger partial charge < -0.3 is 5.11 Å². The fraction of sp³-hybridized carbons (Fsp3) is 0.389. The zero-order valence-corrected chi connectivity index (χ0v) is 16.7. The van der Waals surface area contributed by atoms with Gasteiger partial charge in [-0.1, -0.05) is 24.3 Å². The maximum atomic E-state index is 12.5. The second-order valence-electron chi connectivity index (χ2n) is 6.39. The Kier molecular flexibility index (Phi) is 6.94. The van der Waals surface area contributed by atoms with Crippen molar-refractivity contribution in [2.45, 2.75) is 43.6 Å². The summed E-state index contributed by atoms with van der Waals surface area (Å²) in [5.41, 5.74) is 2.00. The number of aliphatic carboxylic acids is 1. The molecule has 0 aliphatic carbocycles. The van der Waals surface area contributed by atoms with E-state index in [1.165, 1.54) is 6.07 Å². The Morgan fingerprint density at radius 2 is 1.85 bits per heavy atom. The van der Waals surface area contributed by atoms with Crippen molar-refractivity contribution >= 4 is 27.3 Å². The minimum absolute atomic E-state index is 0.130. The second-order valence-corrected chi connectivity index (χ2v) is 9.56. The summed E-state index contributed by atoms with van der Waals surface area (Å²) in [5, 5.41) is 8.81. The highest BCUT2D eigenvalue weighted by atomic mass is 32.2. The summed E-state index contributed by atoms with van der Waals surface area (Å²) in [4.78, 5) is 13.4.